The summed E-state index contributed by atoms with van der Waals surface area (Å²) < 4.78 is 10.3. The third-order valence-corrected chi connectivity index (χ3v) is 25.8. The Morgan fingerprint density at radius 2 is 0.661 bits per heavy atom. The molecule has 0 fully saturated rings. The molecule has 19 aromatic rings. The quantitative estimate of drug-likeness (QED) is 0.141. The van der Waals surface area contributed by atoms with Crippen LogP contribution in [0.25, 0.3) is 140 Å². The van der Waals surface area contributed by atoms with Crippen LogP contribution in [0, 0.1) is 0 Å². The summed E-state index contributed by atoms with van der Waals surface area (Å²) >= 11 is 3.76. The van der Waals surface area contributed by atoms with Gasteiger partial charge in [-0.05, 0) is 174 Å². The van der Waals surface area contributed by atoms with Gasteiger partial charge < -0.3 is 18.9 Å². The Morgan fingerprint density at radius 1 is 0.239 bits per heavy atom. The highest BCUT2D eigenvalue weighted by Gasteiger charge is 2.47. The van der Waals surface area contributed by atoms with Crippen LogP contribution in [0.2, 0.25) is 0 Å². The molecule has 0 saturated carbocycles. The van der Waals surface area contributed by atoms with Crippen molar-refractivity contribution in [1.82, 2.24) is 9.13 Å². The Bertz CT molecular complexity index is 6880. The van der Waals surface area contributed by atoms with E-state index >= 15 is 0 Å². The molecular weight excluding hydrogens is 1360 g/mol. The van der Waals surface area contributed by atoms with Gasteiger partial charge in [-0.3, -0.25) is 0 Å². The highest BCUT2D eigenvalue weighted by molar-refractivity contribution is 7.26. The number of hydrogen-bond donors (Lipinski definition) is 0. The fourth-order valence-electron chi connectivity index (χ4n) is 18.1. The van der Waals surface area contributed by atoms with E-state index < -0.39 is 0 Å². The second-order valence-corrected chi connectivity index (χ2v) is 35.4. The molecule has 0 amide bonds. The Balaban J connectivity index is 0.942. The van der Waals surface area contributed by atoms with Gasteiger partial charge in [0.2, 0.25) is 0 Å². The van der Waals surface area contributed by atoms with Gasteiger partial charge in [-0.1, -0.05) is 287 Å². The molecule has 6 heterocycles. The monoisotopic (exact) mass is 1430 g/mol. The Morgan fingerprint density at radius 3 is 1.21 bits per heavy atom. The molecule has 522 valence electrons. The van der Waals surface area contributed by atoms with E-state index in [2.05, 4.69) is 397 Å². The molecule has 15 aromatic carbocycles. The van der Waals surface area contributed by atoms with Crippen LogP contribution in [0.5, 0.6) is 0 Å². The molecule has 0 radical (unpaired) electrons. The van der Waals surface area contributed by atoms with Crippen molar-refractivity contribution in [2.24, 2.45) is 0 Å². The zero-order chi connectivity index (χ0) is 73.5. The summed E-state index contributed by atoms with van der Waals surface area (Å²) in [5, 5.41) is 9.97. The second kappa shape index (κ2) is 24.3. The highest BCUT2D eigenvalue weighted by Crippen LogP contribution is 2.55. The smallest absolute Gasteiger partial charge is 0.252 e. The first kappa shape index (κ1) is 65.3. The minimum Gasteiger partial charge on any atom is -0.309 e. The van der Waals surface area contributed by atoms with Gasteiger partial charge in [0.1, 0.15) is 0 Å². The number of thiophene rings is 2. The van der Waals surface area contributed by atoms with Gasteiger partial charge >= 0.3 is 0 Å². The van der Waals surface area contributed by atoms with Crippen LogP contribution >= 0.6 is 22.7 Å². The summed E-state index contributed by atoms with van der Waals surface area (Å²) in [5.74, 6) is 0. The number of fused-ring (bicyclic) bond motifs is 16. The number of aromatic nitrogens is 2. The lowest BCUT2D eigenvalue weighted by Gasteiger charge is -2.46. The molecule has 0 aliphatic carbocycles. The van der Waals surface area contributed by atoms with E-state index in [1.807, 2.05) is 22.7 Å². The number of rotatable bonds is 8. The molecule has 0 atom stereocenters. The van der Waals surface area contributed by atoms with Crippen molar-refractivity contribution in [2.75, 3.05) is 9.80 Å². The van der Waals surface area contributed by atoms with Crippen molar-refractivity contribution in [1.29, 1.82) is 0 Å². The zero-order valence-electron chi connectivity index (χ0n) is 62.7. The lowest BCUT2D eigenvalue weighted by atomic mass is 9.33. The summed E-state index contributed by atoms with van der Waals surface area (Å²) in [7, 11) is 0. The molecular formula is C102H79BN4S2. The first-order valence-corrected chi connectivity index (χ1v) is 40.0. The summed E-state index contributed by atoms with van der Waals surface area (Å²) in [4.78, 5) is 5.50. The van der Waals surface area contributed by atoms with Crippen LogP contribution in [-0.2, 0) is 16.2 Å². The third kappa shape index (κ3) is 10.2. The molecule has 4 nitrogen and oxygen atoms in total. The molecule has 109 heavy (non-hydrogen) atoms. The van der Waals surface area contributed by atoms with Crippen molar-refractivity contribution in [3.05, 3.63) is 332 Å². The normalized spacial score (nSPS) is 13.1. The van der Waals surface area contributed by atoms with Crippen molar-refractivity contribution in [3.8, 4) is 55.9 Å². The van der Waals surface area contributed by atoms with E-state index in [1.54, 1.807) is 0 Å². The minimum absolute atomic E-state index is 0.112. The summed E-state index contributed by atoms with van der Waals surface area (Å²) in [6.07, 6.45) is 0. The lowest BCUT2D eigenvalue weighted by molar-refractivity contribution is 0.569. The van der Waals surface area contributed by atoms with Crippen LogP contribution in [0.1, 0.15) is 79.0 Å². The molecule has 0 saturated heterocycles. The zero-order valence-corrected chi connectivity index (χ0v) is 64.3. The molecule has 0 bridgehead atoms. The maximum absolute atomic E-state index is 2.77. The largest absolute Gasteiger partial charge is 0.309 e. The number of para-hydroxylation sites is 6. The van der Waals surface area contributed by atoms with Gasteiger partial charge in [0.05, 0.1) is 44.8 Å². The molecule has 0 unspecified atom stereocenters. The van der Waals surface area contributed by atoms with Crippen LogP contribution in [0.3, 0.4) is 0 Å². The van der Waals surface area contributed by atoms with Crippen LogP contribution < -0.4 is 26.2 Å². The van der Waals surface area contributed by atoms with E-state index in [0.29, 0.717) is 0 Å². The van der Waals surface area contributed by atoms with E-state index in [9.17, 15) is 0 Å². The molecule has 21 rings (SSSR count). The average Bonchev–Trinajstić information content (AvgIpc) is 0.876. The van der Waals surface area contributed by atoms with Crippen molar-refractivity contribution < 1.29 is 0 Å². The second-order valence-electron chi connectivity index (χ2n) is 33.2. The first-order valence-electron chi connectivity index (χ1n) is 38.3. The fraction of sp³-hybridized carbons (Fsp3) is 0.118. The predicted molar refractivity (Wildman–Crippen MR) is 473 cm³/mol. The van der Waals surface area contributed by atoms with Crippen LogP contribution in [0.4, 0.5) is 34.1 Å². The van der Waals surface area contributed by atoms with Gasteiger partial charge in [-0.15, -0.1) is 22.7 Å². The van der Waals surface area contributed by atoms with Gasteiger partial charge in [0, 0.05) is 95.8 Å². The van der Waals surface area contributed by atoms with E-state index in [4.69, 9.17) is 0 Å². The molecule has 0 spiro atoms. The predicted octanol–water partition coefficient (Wildman–Crippen LogP) is 27.3. The van der Waals surface area contributed by atoms with Gasteiger partial charge in [0.15, 0.2) is 0 Å². The van der Waals surface area contributed by atoms with Gasteiger partial charge in [-0.2, -0.15) is 0 Å². The number of benzene rings is 15. The SMILES string of the molecule is CC(C)(C)c1cc(-c2ccc3c(c2)N(c2c(-c4ccc5sc6ccccc6c5c4)cccc2-n2c4ccccc4c4ccccc42)c2cc(C(C)(C)C)cc4c2B3c2cc(-c3ccccc3)ccc2N4c2c(-c3ccc4c(c3)sc3ccccc34)cccc2-n2c3ccccc3c3ccccc32)cc(C(C)(C)C)c1. The van der Waals surface area contributed by atoms with Gasteiger partial charge in [-0.25, -0.2) is 0 Å². The van der Waals surface area contributed by atoms with Crippen molar-refractivity contribution >= 4 is 164 Å². The minimum atomic E-state index is -0.351. The summed E-state index contributed by atoms with van der Waals surface area (Å²) in [6.45, 7) is 21.1. The molecule has 7 heteroatoms. The van der Waals surface area contributed by atoms with Crippen LogP contribution in [0.15, 0.2) is 315 Å². The topological polar surface area (TPSA) is 16.3 Å². The maximum Gasteiger partial charge on any atom is 0.252 e. The Hall–Kier alpha value is -12.0. The van der Waals surface area contributed by atoms with E-state index in [0.717, 1.165) is 89.8 Å². The van der Waals surface area contributed by atoms with E-state index in [-0.39, 0.29) is 23.0 Å². The Labute approximate surface area is 644 Å². The molecule has 0 N–H and O–H groups in total. The fourth-order valence-corrected chi connectivity index (χ4v) is 20.3. The Kier molecular flexibility index (Phi) is 14.5. The molecule has 4 aromatic heterocycles. The van der Waals surface area contributed by atoms with Crippen molar-refractivity contribution in [2.45, 2.75) is 78.6 Å². The van der Waals surface area contributed by atoms with Gasteiger partial charge in [0.25, 0.3) is 6.71 Å². The number of anilines is 6. The molecule has 2 aliphatic rings. The number of nitrogens with zero attached hydrogens (tertiary/aromatic N) is 4. The summed E-state index contributed by atoms with van der Waals surface area (Å²) in [5.41, 5.74) is 30.0. The van der Waals surface area contributed by atoms with E-state index in [1.165, 1.54) is 117 Å². The average molecular weight is 1440 g/mol. The van der Waals surface area contributed by atoms with Crippen molar-refractivity contribution in [3.63, 3.8) is 0 Å². The summed E-state index contributed by atoms with van der Waals surface area (Å²) in [6, 6.07) is 121. The maximum atomic E-state index is 2.77. The third-order valence-electron chi connectivity index (χ3n) is 23.5. The first-order chi connectivity index (χ1) is 53.0. The molecule has 2 aliphatic heterocycles. The lowest BCUT2D eigenvalue weighted by Crippen LogP contribution is -2.61. The highest BCUT2D eigenvalue weighted by atomic mass is 32.1. The number of hydrogen-bond acceptors (Lipinski definition) is 4. The standard InChI is InChI=1S/C102H79BN4S2/c1-100(2,3)68-53-67(54-69(59-68)101(4,5)6)64-46-50-81-90(57-64)107(99-71(65-48-52-95-80(55-65)78-34-18-24-44-94(78)108-95)35-25-42-89(99)105-85-39-21-15-31-75(85)76-32-16-22-40-86(76)105)92-61-70(102(7,8)9)60-91-97(92)103(81)82-56-63(62-27-11-10-12-28-62)47-51-87(82)106(91)98-72(66-45-49-79-77-33-17-23-43-93(77)109-96(79)58-66)36-26-41-88(98)104-83-37-19-13-29-73(83)74-30-14-20-38-84(74)104/h10-61H,1-9H3. The van der Waals surface area contributed by atoms with Crippen LogP contribution in [-0.4, -0.2) is 15.8 Å².